The van der Waals surface area contributed by atoms with Gasteiger partial charge in [0, 0.05) is 6.20 Å². The number of nitrogen functional groups attached to an aromatic ring is 2. The number of alkyl halides is 3. The molecule has 0 atom stereocenters. The highest BCUT2D eigenvalue weighted by atomic mass is 19.4. The molecule has 0 aliphatic carbocycles. The molecule has 0 amide bonds. The molecule has 0 spiro atoms. The highest BCUT2D eigenvalue weighted by molar-refractivity contribution is 5.63. The average molecular weight is 177 g/mol. The lowest BCUT2D eigenvalue weighted by atomic mass is 10.2. The molecule has 1 aromatic rings. The van der Waals surface area contributed by atoms with E-state index in [1.165, 1.54) is 0 Å². The maximum atomic E-state index is 12.1. The molecule has 4 N–H and O–H groups in total. The van der Waals surface area contributed by atoms with Crippen LogP contribution in [0.3, 0.4) is 0 Å². The summed E-state index contributed by atoms with van der Waals surface area (Å²) in [7, 11) is 0. The van der Waals surface area contributed by atoms with Crippen molar-refractivity contribution in [2.75, 3.05) is 11.5 Å². The number of nitrogens with zero attached hydrogens (tertiary/aromatic N) is 1. The van der Waals surface area contributed by atoms with Crippen LogP contribution < -0.4 is 11.5 Å². The predicted octanol–water partition coefficient (Wildman–Crippen LogP) is 1.26. The molecule has 0 unspecified atom stereocenters. The van der Waals surface area contributed by atoms with E-state index >= 15 is 0 Å². The van der Waals surface area contributed by atoms with Gasteiger partial charge in [-0.1, -0.05) is 0 Å². The van der Waals surface area contributed by atoms with Crippen molar-refractivity contribution in [2.24, 2.45) is 0 Å². The molecule has 0 saturated heterocycles. The molecule has 1 heterocycles. The van der Waals surface area contributed by atoms with Crippen LogP contribution >= 0.6 is 0 Å². The fraction of sp³-hybridized carbons (Fsp3) is 0.167. The SMILES string of the molecule is Nc1nccc(C(F)(F)F)c1N. The molecule has 0 aliphatic rings. The second kappa shape index (κ2) is 2.54. The van der Waals surface area contributed by atoms with Gasteiger partial charge in [-0.15, -0.1) is 0 Å². The topological polar surface area (TPSA) is 64.9 Å². The Morgan fingerprint density at radius 1 is 1.25 bits per heavy atom. The van der Waals surface area contributed by atoms with Crippen LogP contribution in [0.4, 0.5) is 24.7 Å². The van der Waals surface area contributed by atoms with Crippen LogP contribution in [0.1, 0.15) is 5.56 Å². The van der Waals surface area contributed by atoms with Gasteiger partial charge in [-0.2, -0.15) is 13.2 Å². The first-order chi connectivity index (χ1) is 5.43. The number of nitrogens with two attached hydrogens (primary N) is 2. The summed E-state index contributed by atoms with van der Waals surface area (Å²) < 4.78 is 36.2. The Kier molecular flexibility index (Phi) is 1.83. The summed E-state index contributed by atoms with van der Waals surface area (Å²) in [5.74, 6) is -0.301. The summed E-state index contributed by atoms with van der Waals surface area (Å²) in [5.41, 5.74) is 8.67. The molecule has 0 fully saturated rings. The highest BCUT2D eigenvalue weighted by Gasteiger charge is 2.33. The Bertz CT molecular complexity index is 295. The fourth-order valence-electron chi connectivity index (χ4n) is 0.737. The maximum absolute atomic E-state index is 12.1. The van der Waals surface area contributed by atoms with E-state index in [1.54, 1.807) is 0 Å². The number of anilines is 2. The van der Waals surface area contributed by atoms with Crippen LogP contribution in [0.2, 0.25) is 0 Å². The van der Waals surface area contributed by atoms with Crippen LogP contribution in [-0.2, 0) is 6.18 Å². The second-order valence-corrected chi connectivity index (χ2v) is 2.16. The van der Waals surface area contributed by atoms with Crippen molar-refractivity contribution in [3.05, 3.63) is 17.8 Å². The molecule has 6 heteroatoms. The normalized spacial score (nSPS) is 11.6. The molecule has 0 bridgehead atoms. The Balaban J connectivity index is 3.26. The van der Waals surface area contributed by atoms with Crippen LogP contribution in [0.25, 0.3) is 0 Å². The molecule has 0 aromatic carbocycles. The summed E-state index contributed by atoms with van der Waals surface area (Å²) in [6, 6.07) is 0.783. The van der Waals surface area contributed by atoms with E-state index in [2.05, 4.69) is 4.98 Å². The largest absolute Gasteiger partial charge is 0.418 e. The van der Waals surface area contributed by atoms with E-state index in [0.29, 0.717) is 0 Å². The summed E-state index contributed by atoms with van der Waals surface area (Å²) >= 11 is 0. The first-order valence-corrected chi connectivity index (χ1v) is 3.00. The zero-order valence-corrected chi connectivity index (χ0v) is 5.89. The monoisotopic (exact) mass is 177 g/mol. The van der Waals surface area contributed by atoms with E-state index in [-0.39, 0.29) is 5.82 Å². The van der Waals surface area contributed by atoms with E-state index in [1.807, 2.05) is 0 Å². The zero-order chi connectivity index (χ0) is 9.35. The van der Waals surface area contributed by atoms with Gasteiger partial charge in [0.2, 0.25) is 0 Å². The number of halogens is 3. The minimum Gasteiger partial charge on any atom is -0.395 e. The van der Waals surface area contributed by atoms with Crippen molar-refractivity contribution in [3.63, 3.8) is 0 Å². The molecule has 0 saturated carbocycles. The first kappa shape index (κ1) is 8.63. The van der Waals surface area contributed by atoms with Crippen molar-refractivity contribution < 1.29 is 13.2 Å². The van der Waals surface area contributed by atoms with Gasteiger partial charge in [-0.05, 0) is 6.07 Å². The summed E-state index contributed by atoms with van der Waals surface area (Å²) in [6.07, 6.45) is -3.50. The smallest absolute Gasteiger partial charge is 0.395 e. The first-order valence-electron chi connectivity index (χ1n) is 3.00. The van der Waals surface area contributed by atoms with Crippen LogP contribution in [-0.4, -0.2) is 4.98 Å². The molecule has 12 heavy (non-hydrogen) atoms. The number of aromatic nitrogens is 1. The zero-order valence-electron chi connectivity index (χ0n) is 5.89. The lowest BCUT2D eigenvalue weighted by Gasteiger charge is -2.09. The van der Waals surface area contributed by atoms with Crippen LogP contribution in [0, 0.1) is 0 Å². The summed E-state index contributed by atoms with van der Waals surface area (Å²) in [6.45, 7) is 0. The Morgan fingerprint density at radius 2 is 1.83 bits per heavy atom. The van der Waals surface area contributed by atoms with E-state index in [4.69, 9.17) is 11.5 Å². The van der Waals surface area contributed by atoms with Crippen molar-refractivity contribution in [2.45, 2.75) is 6.18 Å². The molecule has 0 radical (unpaired) electrons. The fourth-order valence-corrected chi connectivity index (χ4v) is 0.737. The number of rotatable bonds is 0. The maximum Gasteiger partial charge on any atom is 0.418 e. The molecule has 0 aliphatic heterocycles. The van der Waals surface area contributed by atoms with Gasteiger partial charge in [0.15, 0.2) is 0 Å². The number of pyridine rings is 1. The molecule has 1 rings (SSSR count). The summed E-state index contributed by atoms with van der Waals surface area (Å²) in [5, 5.41) is 0. The number of hydrogen-bond donors (Lipinski definition) is 2. The lowest BCUT2D eigenvalue weighted by molar-refractivity contribution is -0.136. The molecule has 66 valence electrons. The third-order valence-corrected chi connectivity index (χ3v) is 1.33. The molecule has 1 aromatic heterocycles. The predicted molar refractivity (Wildman–Crippen MR) is 38.1 cm³/mol. The van der Waals surface area contributed by atoms with Gasteiger partial charge >= 0.3 is 6.18 Å². The minimum atomic E-state index is -4.47. The molecule has 3 nitrogen and oxygen atoms in total. The Hall–Kier alpha value is -1.46. The van der Waals surface area contributed by atoms with E-state index < -0.39 is 17.4 Å². The highest BCUT2D eigenvalue weighted by Crippen LogP contribution is 2.34. The van der Waals surface area contributed by atoms with Gasteiger partial charge in [0.1, 0.15) is 5.82 Å². The minimum absolute atomic E-state index is 0.301. The van der Waals surface area contributed by atoms with E-state index in [0.717, 1.165) is 12.3 Å². The lowest BCUT2D eigenvalue weighted by Crippen LogP contribution is -2.11. The van der Waals surface area contributed by atoms with Crippen molar-refractivity contribution in [1.82, 2.24) is 4.98 Å². The summed E-state index contributed by atoms with van der Waals surface area (Å²) in [4.78, 5) is 3.41. The number of hydrogen-bond acceptors (Lipinski definition) is 3. The second-order valence-electron chi connectivity index (χ2n) is 2.16. The van der Waals surface area contributed by atoms with Crippen molar-refractivity contribution in [1.29, 1.82) is 0 Å². The van der Waals surface area contributed by atoms with Gasteiger partial charge in [-0.3, -0.25) is 0 Å². The van der Waals surface area contributed by atoms with Gasteiger partial charge in [0.25, 0.3) is 0 Å². The van der Waals surface area contributed by atoms with E-state index in [9.17, 15) is 13.2 Å². The van der Waals surface area contributed by atoms with Gasteiger partial charge < -0.3 is 11.5 Å². The van der Waals surface area contributed by atoms with Crippen LogP contribution in [0.5, 0.6) is 0 Å². The third kappa shape index (κ3) is 1.41. The molecular formula is C6H6F3N3. The average Bonchev–Trinajstić information content (AvgIpc) is 1.92. The Labute approximate surface area is 66.2 Å². The molecular weight excluding hydrogens is 171 g/mol. The standard InChI is InChI=1S/C6H6F3N3/c7-6(8,9)3-1-2-12-5(11)4(3)10/h1-2H,10H2,(H2,11,12). The third-order valence-electron chi connectivity index (χ3n) is 1.33. The van der Waals surface area contributed by atoms with Gasteiger partial charge in [0.05, 0.1) is 11.3 Å². The van der Waals surface area contributed by atoms with Crippen molar-refractivity contribution >= 4 is 11.5 Å². The van der Waals surface area contributed by atoms with Gasteiger partial charge in [-0.25, -0.2) is 4.98 Å². The van der Waals surface area contributed by atoms with Crippen molar-refractivity contribution in [3.8, 4) is 0 Å². The van der Waals surface area contributed by atoms with Crippen LogP contribution in [0.15, 0.2) is 12.3 Å². The quantitative estimate of drug-likeness (QED) is 0.627. The Morgan fingerprint density at radius 3 is 2.25 bits per heavy atom.